The van der Waals surface area contributed by atoms with Crippen molar-refractivity contribution in [2.45, 2.75) is 19.6 Å². The summed E-state index contributed by atoms with van der Waals surface area (Å²) in [4.78, 5) is 11.8. The molecule has 0 saturated carbocycles. The lowest BCUT2D eigenvalue weighted by Crippen LogP contribution is -2.11. The standard InChI is InChI=1S/C16H17NO2/c17-11-15-9-5-4-8-14(15)10-16(18)19-12-13-6-2-1-3-7-13/h1-9H,10-12,17H2. The summed E-state index contributed by atoms with van der Waals surface area (Å²) in [5.41, 5.74) is 8.55. The molecule has 0 spiro atoms. The Morgan fingerprint density at radius 1 is 0.947 bits per heavy atom. The molecule has 0 aliphatic carbocycles. The quantitative estimate of drug-likeness (QED) is 0.835. The molecule has 3 heteroatoms. The zero-order valence-electron chi connectivity index (χ0n) is 10.7. The SMILES string of the molecule is NCc1ccccc1CC(=O)OCc1ccccc1. The van der Waals surface area contributed by atoms with Gasteiger partial charge in [0.2, 0.25) is 0 Å². The Labute approximate surface area is 113 Å². The van der Waals surface area contributed by atoms with Crippen molar-refractivity contribution in [2.24, 2.45) is 5.73 Å². The molecule has 0 bridgehead atoms. The van der Waals surface area contributed by atoms with Crippen molar-refractivity contribution in [1.29, 1.82) is 0 Å². The van der Waals surface area contributed by atoms with E-state index in [-0.39, 0.29) is 12.4 Å². The number of nitrogens with two attached hydrogens (primary N) is 1. The van der Waals surface area contributed by atoms with Gasteiger partial charge < -0.3 is 10.5 Å². The number of benzene rings is 2. The minimum atomic E-state index is -0.232. The fourth-order valence-corrected chi connectivity index (χ4v) is 1.87. The maximum atomic E-state index is 11.8. The summed E-state index contributed by atoms with van der Waals surface area (Å²) < 4.78 is 5.25. The van der Waals surface area contributed by atoms with Gasteiger partial charge in [0.1, 0.15) is 6.61 Å². The first kappa shape index (κ1) is 13.3. The highest BCUT2D eigenvalue weighted by molar-refractivity contribution is 5.73. The molecule has 2 aromatic carbocycles. The summed E-state index contributed by atoms with van der Waals surface area (Å²) in [5, 5.41) is 0. The van der Waals surface area contributed by atoms with Crippen LogP contribution in [-0.4, -0.2) is 5.97 Å². The number of esters is 1. The van der Waals surface area contributed by atoms with Gasteiger partial charge in [0.05, 0.1) is 6.42 Å². The van der Waals surface area contributed by atoms with Gasteiger partial charge in [-0.3, -0.25) is 4.79 Å². The third-order valence-corrected chi connectivity index (χ3v) is 2.92. The van der Waals surface area contributed by atoms with Crippen molar-refractivity contribution < 1.29 is 9.53 Å². The van der Waals surface area contributed by atoms with E-state index in [1.54, 1.807) is 0 Å². The van der Waals surface area contributed by atoms with Gasteiger partial charge in [-0.25, -0.2) is 0 Å². The monoisotopic (exact) mass is 255 g/mol. The molecule has 0 heterocycles. The average molecular weight is 255 g/mol. The van der Waals surface area contributed by atoms with Gasteiger partial charge in [-0.05, 0) is 16.7 Å². The Morgan fingerprint density at radius 2 is 1.58 bits per heavy atom. The van der Waals surface area contributed by atoms with Gasteiger partial charge in [-0.1, -0.05) is 54.6 Å². The van der Waals surface area contributed by atoms with E-state index in [9.17, 15) is 4.79 Å². The molecule has 0 fully saturated rings. The van der Waals surface area contributed by atoms with E-state index in [1.165, 1.54) is 0 Å². The highest BCUT2D eigenvalue weighted by atomic mass is 16.5. The molecular weight excluding hydrogens is 238 g/mol. The molecule has 0 atom stereocenters. The Bertz CT molecular complexity index is 537. The summed E-state index contributed by atoms with van der Waals surface area (Å²) in [5.74, 6) is -0.232. The highest BCUT2D eigenvalue weighted by Gasteiger charge is 2.08. The second kappa shape index (κ2) is 6.71. The summed E-state index contributed by atoms with van der Waals surface area (Å²) in [6.07, 6.45) is 0.264. The predicted molar refractivity (Wildman–Crippen MR) is 74.3 cm³/mol. The molecule has 0 aliphatic heterocycles. The van der Waals surface area contributed by atoms with E-state index >= 15 is 0 Å². The minimum Gasteiger partial charge on any atom is -0.461 e. The van der Waals surface area contributed by atoms with E-state index in [0.717, 1.165) is 16.7 Å². The van der Waals surface area contributed by atoms with Crippen LogP contribution < -0.4 is 5.73 Å². The van der Waals surface area contributed by atoms with Crippen LogP contribution in [0.5, 0.6) is 0 Å². The number of ether oxygens (including phenoxy) is 1. The second-order valence-corrected chi connectivity index (χ2v) is 4.30. The first-order valence-electron chi connectivity index (χ1n) is 6.26. The van der Waals surface area contributed by atoms with Gasteiger partial charge in [0.15, 0.2) is 0 Å². The summed E-state index contributed by atoms with van der Waals surface area (Å²) >= 11 is 0. The maximum absolute atomic E-state index is 11.8. The van der Waals surface area contributed by atoms with Crippen molar-refractivity contribution in [3.05, 3.63) is 71.3 Å². The van der Waals surface area contributed by atoms with Crippen molar-refractivity contribution in [3.8, 4) is 0 Å². The molecule has 0 aromatic heterocycles. The molecule has 19 heavy (non-hydrogen) atoms. The van der Waals surface area contributed by atoms with E-state index in [1.807, 2.05) is 54.6 Å². The largest absolute Gasteiger partial charge is 0.461 e. The molecule has 2 aromatic rings. The lowest BCUT2D eigenvalue weighted by molar-refractivity contribution is -0.144. The van der Waals surface area contributed by atoms with Gasteiger partial charge in [0.25, 0.3) is 0 Å². The van der Waals surface area contributed by atoms with Crippen molar-refractivity contribution >= 4 is 5.97 Å². The van der Waals surface area contributed by atoms with Gasteiger partial charge in [0, 0.05) is 6.54 Å². The first-order chi connectivity index (χ1) is 9.29. The number of carbonyl (C=O) groups excluding carboxylic acids is 1. The molecule has 0 saturated heterocycles. The number of hydrogen-bond acceptors (Lipinski definition) is 3. The number of carbonyl (C=O) groups is 1. The Hall–Kier alpha value is -2.13. The lowest BCUT2D eigenvalue weighted by Gasteiger charge is -2.08. The molecular formula is C16H17NO2. The molecule has 3 nitrogen and oxygen atoms in total. The van der Waals surface area contributed by atoms with Crippen LogP contribution in [0.15, 0.2) is 54.6 Å². The second-order valence-electron chi connectivity index (χ2n) is 4.30. The number of rotatable bonds is 5. The highest BCUT2D eigenvalue weighted by Crippen LogP contribution is 2.10. The third kappa shape index (κ3) is 3.93. The predicted octanol–water partition coefficient (Wildman–Crippen LogP) is 2.43. The first-order valence-corrected chi connectivity index (χ1v) is 6.26. The molecule has 2 N–H and O–H groups in total. The maximum Gasteiger partial charge on any atom is 0.310 e. The Balaban J connectivity index is 1.91. The van der Waals surface area contributed by atoms with Crippen molar-refractivity contribution in [1.82, 2.24) is 0 Å². The van der Waals surface area contributed by atoms with Crippen molar-refractivity contribution in [2.75, 3.05) is 0 Å². The van der Waals surface area contributed by atoms with Gasteiger partial charge in [-0.15, -0.1) is 0 Å². The topological polar surface area (TPSA) is 52.3 Å². The Kier molecular flexibility index (Phi) is 4.70. The van der Waals surface area contributed by atoms with Crippen LogP contribution in [0.3, 0.4) is 0 Å². The Morgan fingerprint density at radius 3 is 2.26 bits per heavy atom. The van der Waals surface area contributed by atoms with E-state index in [0.29, 0.717) is 13.2 Å². The fourth-order valence-electron chi connectivity index (χ4n) is 1.87. The van der Waals surface area contributed by atoms with Crippen LogP contribution >= 0.6 is 0 Å². The van der Waals surface area contributed by atoms with Crippen molar-refractivity contribution in [3.63, 3.8) is 0 Å². The molecule has 0 unspecified atom stereocenters. The molecule has 0 amide bonds. The summed E-state index contributed by atoms with van der Waals surface area (Å²) in [7, 11) is 0. The van der Waals surface area contributed by atoms with Crippen LogP contribution in [0.4, 0.5) is 0 Å². The minimum absolute atomic E-state index is 0.232. The molecule has 0 aliphatic rings. The van der Waals surface area contributed by atoms with Crippen LogP contribution in [0.1, 0.15) is 16.7 Å². The number of hydrogen-bond donors (Lipinski definition) is 1. The molecule has 0 radical (unpaired) electrons. The molecule has 98 valence electrons. The molecule has 2 rings (SSSR count). The van der Waals surface area contributed by atoms with Gasteiger partial charge >= 0.3 is 5.97 Å². The average Bonchev–Trinajstić information content (AvgIpc) is 2.47. The summed E-state index contributed by atoms with van der Waals surface area (Å²) in [6.45, 7) is 0.743. The van der Waals surface area contributed by atoms with Crippen LogP contribution in [0.25, 0.3) is 0 Å². The zero-order chi connectivity index (χ0) is 13.5. The van der Waals surface area contributed by atoms with Crippen LogP contribution in [0.2, 0.25) is 0 Å². The van der Waals surface area contributed by atoms with Crippen LogP contribution in [-0.2, 0) is 29.1 Å². The van der Waals surface area contributed by atoms with E-state index < -0.39 is 0 Å². The fraction of sp³-hybridized carbons (Fsp3) is 0.188. The van der Waals surface area contributed by atoms with Gasteiger partial charge in [-0.2, -0.15) is 0 Å². The summed E-state index contributed by atoms with van der Waals surface area (Å²) in [6, 6.07) is 17.3. The lowest BCUT2D eigenvalue weighted by atomic mass is 10.1. The smallest absolute Gasteiger partial charge is 0.310 e. The third-order valence-electron chi connectivity index (χ3n) is 2.92. The normalized spacial score (nSPS) is 10.2. The van der Waals surface area contributed by atoms with Crippen LogP contribution in [0, 0.1) is 0 Å². The van der Waals surface area contributed by atoms with E-state index in [2.05, 4.69) is 0 Å². The van der Waals surface area contributed by atoms with E-state index in [4.69, 9.17) is 10.5 Å². The zero-order valence-corrected chi connectivity index (χ0v) is 10.7.